The number of rotatable bonds is 10. The van der Waals surface area contributed by atoms with Crippen LogP contribution in [0.15, 0.2) is 18.2 Å². The predicted octanol–water partition coefficient (Wildman–Crippen LogP) is 3.33. The maximum absolute atomic E-state index is 12.4. The number of carbonyl (C=O) groups is 1. The molecule has 0 fully saturated rings. The summed E-state index contributed by atoms with van der Waals surface area (Å²) in [5.41, 5.74) is 0.586. The van der Waals surface area contributed by atoms with Crippen LogP contribution in [-0.2, 0) is 0 Å². The lowest BCUT2D eigenvalue weighted by molar-refractivity contribution is 0.0939. The molecule has 1 aromatic carbocycles. The summed E-state index contributed by atoms with van der Waals surface area (Å²) in [6.45, 7) is 15.1. The molecule has 136 valence electrons. The summed E-state index contributed by atoms with van der Waals surface area (Å²) in [6, 6.07) is 6.21. The zero-order valence-electron chi connectivity index (χ0n) is 15.9. The van der Waals surface area contributed by atoms with Gasteiger partial charge in [0.15, 0.2) is 11.5 Å². The number of carbonyl (C=O) groups excluding carboxylic acids is 1. The van der Waals surface area contributed by atoms with E-state index in [0.717, 1.165) is 6.54 Å². The molecule has 24 heavy (non-hydrogen) atoms. The van der Waals surface area contributed by atoms with Gasteiger partial charge in [0.05, 0.1) is 13.2 Å². The van der Waals surface area contributed by atoms with E-state index in [1.165, 1.54) is 0 Å². The molecule has 1 rings (SSSR count). The highest BCUT2D eigenvalue weighted by Gasteiger charge is 2.14. The second-order valence-corrected chi connectivity index (χ2v) is 6.21. The zero-order valence-corrected chi connectivity index (χ0v) is 15.9. The number of hydrogen-bond acceptors (Lipinski definition) is 4. The summed E-state index contributed by atoms with van der Waals surface area (Å²) in [6.07, 6.45) is 0. The minimum absolute atomic E-state index is 0.0912. The standard InChI is InChI=1S/C19H32N2O3/c1-7-23-17-10-9-16(13-18(17)24-8-2)19(22)20-11-12-21(14(3)4)15(5)6/h9-10,13-15H,7-8,11-12H2,1-6H3,(H,20,22). The van der Waals surface area contributed by atoms with E-state index in [-0.39, 0.29) is 5.91 Å². The van der Waals surface area contributed by atoms with Crippen LogP contribution in [0.25, 0.3) is 0 Å². The van der Waals surface area contributed by atoms with Gasteiger partial charge < -0.3 is 14.8 Å². The van der Waals surface area contributed by atoms with Gasteiger partial charge in [-0.2, -0.15) is 0 Å². The van der Waals surface area contributed by atoms with Crippen molar-refractivity contribution >= 4 is 5.91 Å². The van der Waals surface area contributed by atoms with Gasteiger partial charge in [-0.05, 0) is 59.7 Å². The predicted molar refractivity (Wildman–Crippen MR) is 98.1 cm³/mol. The fourth-order valence-corrected chi connectivity index (χ4v) is 2.71. The largest absolute Gasteiger partial charge is 0.490 e. The highest BCUT2D eigenvalue weighted by molar-refractivity contribution is 5.94. The van der Waals surface area contributed by atoms with Crippen molar-refractivity contribution in [3.05, 3.63) is 23.8 Å². The Morgan fingerprint density at radius 2 is 1.62 bits per heavy atom. The summed E-state index contributed by atoms with van der Waals surface area (Å²) < 4.78 is 11.1. The number of amides is 1. The molecule has 0 unspecified atom stereocenters. The smallest absolute Gasteiger partial charge is 0.251 e. The van der Waals surface area contributed by atoms with Crippen LogP contribution < -0.4 is 14.8 Å². The second-order valence-electron chi connectivity index (χ2n) is 6.21. The van der Waals surface area contributed by atoms with Crippen LogP contribution in [0.1, 0.15) is 51.9 Å². The number of hydrogen-bond donors (Lipinski definition) is 1. The number of nitrogens with zero attached hydrogens (tertiary/aromatic N) is 1. The first-order valence-corrected chi connectivity index (χ1v) is 8.84. The van der Waals surface area contributed by atoms with Crippen molar-refractivity contribution in [2.24, 2.45) is 0 Å². The molecule has 0 aliphatic rings. The maximum Gasteiger partial charge on any atom is 0.251 e. The minimum atomic E-state index is -0.0912. The average molecular weight is 336 g/mol. The third-order valence-corrected chi connectivity index (χ3v) is 3.79. The summed E-state index contributed by atoms with van der Waals surface area (Å²) in [4.78, 5) is 14.7. The van der Waals surface area contributed by atoms with Gasteiger partial charge in [0.25, 0.3) is 5.91 Å². The van der Waals surface area contributed by atoms with Gasteiger partial charge in [-0.3, -0.25) is 9.69 Å². The molecule has 1 amide bonds. The van der Waals surface area contributed by atoms with Gasteiger partial charge in [-0.15, -0.1) is 0 Å². The van der Waals surface area contributed by atoms with Gasteiger partial charge in [-0.25, -0.2) is 0 Å². The maximum atomic E-state index is 12.4. The van der Waals surface area contributed by atoms with E-state index in [0.29, 0.717) is 48.9 Å². The quantitative estimate of drug-likeness (QED) is 0.712. The second kappa shape index (κ2) is 10.2. The number of ether oxygens (including phenoxy) is 2. The van der Waals surface area contributed by atoms with Gasteiger partial charge in [0.1, 0.15) is 0 Å². The topological polar surface area (TPSA) is 50.8 Å². The SMILES string of the molecule is CCOc1ccc(C(=O)NCCN(C(C)C)C(C)C)cc1OCC. The first kappa shape index (κ1) is 20.3. The minimum Gasteiger partial charge on any atom is -0.490 e. The molecular weight excluding hydrogens is 304 g/mol. The molecule has 0 atom stereocenters. The summed E-state index contributed by atoms with van der Waals surface area (Å²) in [7, 11) is 0. The van der Waals surface area contributed by atoms with E-state index in [1.54, 1.807) is 18.2 Å². The first-order chi connectivity index (χ1) is 11.4. The van der Waals surface area contributed by atoms with Gasteiger partial charge in [0, 0.05) is 30.7 Å². The Bertz CT molecular complexity index is 507. The molecule has 5 nitrogen and oxygen atoms in total. The Balaban J connectivity index is 2.69. The molecule has 0 heterocycles. The van der Waals surface area contributed by atoms with Crippen LogP contribution in [-0.4, -0.2) is 49.2 Å². The fraction of sp³-hybridized carbons (Fsp3) is 0.632. The van der Waals surface area contributed by atoms with Gasteiger partial charge in [-0.1, -0.05) is 0 Å². The molecular formula is C19H32N2O3. The molecule has 0 saturated heterocycles. The number of benzene rings is 1. The molecule has 0 aliphatic carbocycles. The van der Waals surface area contributed by atoms with Crippen molar-refractivity contribution in [2.75, 3.05) is 26.3 Å². The van der Waals surface area contributed by atoms with Crippen LogP contribution in [0.4, 0.5) is 0 Å². The summed E-state index contributed by atoms with van der Waals surface area (Å²) in [5.74, 6) is 1.19. The summed E-state index contributed by atoms with van der Waals surface area (Å²) in [5, 5.41) is 2.98. The van der Waals surface area contributed by atoms with Crippen LogP contribution in [0.5, 0.6) is 11.5 Å². The van der Waals surface area contributed by atoms with Crippen molar-refractivity contribution in [3.63, 3.8) is 0 Å². The molecule has 0 radical (unpaired) electrons. The van der Waals surface area contributed by atoms with E-state index in [2.05, 4.69) is 37.9 Å². The van der Waals surface area contributed by atoms with Crippen molar-refractivity contribution in [3.8, 4) is 11.5 Å². The van der Waals surface area contributed by atoms with E-state index >= 15 is 0 Å². The van der Waals surface area contributed by atoms with E-state index < -0.39 is 0 Å². The molecule has 0 bridgehead atoms. The Hall–Kier alpha value is -1.75. The normalized spacial score (nSPS) is 11.2. The number of nitrogens with one attached hydrogen (secondary N) is 1. The lowest BCUT2D eigenvalue weighted by atomic mass is 10.2. The van der Waals surface area contributed by atoms with E-state index in [9.17, 15) is 4.79 Å². The van der Waals surface area contributed by atoms with E-state index in [4.69, 9.17) is 9.47 Å². The van der Waals surface area contributed by atoms with E-state index in [1.807, 2.05) is 13.8 Å². The monoisotopic (exact) mass is 336 g/mol. The van der Waals surface area contributed by atoms with Crippen molar-refractivity contribution < 1.29 is 14.3 Å². The van der Waals surface area contributed by atoms with Crippen molar-refractivity contribution in [1.29, 1.82) is 0 Å². The van der Waals surface area contributed by atoms with Crippen molar-refractivity contribution in [1.82, 2.24) is 10.2 Å². The molecule has 0 aromatic heterocycles. The highest BCUT2D eigenvalue weighted by Crippen LogP contribution is 2.28. The van der Waals surface area contributed by atoms with Gasteiger partial charge >= 0.3 is 0 Å². The lowest BCUT2D eigenvalue weighted by Gasteiger charge is -2.30. The molecule has 1 aromatic rings. The first-order valence-electron chi connectivity index (χ1n) is 8.84. The Kier molecular flexibility index (Phi) is 8.61. The molecule has 0 spiro atoms. The fourth-order valence-electron chi connectivity index (χ4n) is 2.71. The van der Waals surface area contributed by atoms with Gasteiger partial charge in [0.2, 0.25) is 0 Å². The molecule has 0 saturated carbocycles. The molecule has 1 N–H and O–H groups in total. The molecule has 5 heteroatoms. The summed E-state index contributed by atoms with van der Waals surface area (Å²) >= 11 is 0. The molecule has 0 aliphatic heterocycles. The van der Waals surface area contributed by atoms with Crippen LogP contribution in [0.3, 0.4) is 0 Å². The van der Waals surface area contributed by atoms with Crippen molar-refractivity contribution in [2.45, 2.75) is 53.6 Å². The zero-order chi connectivity index (χ0) is 18.1. The third kappa shape index (κ3) is 6.04. The highest BCUT2D eigenvalue weighted by atomic mass is 16.5. The Labute approximate surface area is 146 Å². The average Bonchev–Trinajstić information content (AvgIpc) is 2.52. The Morgan fingerprint density at radius 1 is 1.04 bits per heavy atom. The van der Waals surface area contributed by atoms with Crippen LogP contribution in [0, 0.1) is 0 Å². The Morgan fingerprint density at radius 3 is 2.17 bits per heavy atom. The lowest BCUT2D eigenvalue weighted by Crippen LogP contribution is -2.42. The van der Waals surface area contributed by atoms with Crippen LogP contribution >= 0.6 is 0 Å². The van der Waals surface area contributed by atoms with Crippen LogP contribution in [0.2, 0.25) is 0 Å². The third-order valence-electron chi connectivity index (χ3n) is 3.79.